The normalized spacial score (nSPS) is 18.1. The number of fused-ring (bicyclic) bond motifs is 1. The molecule has 1 aromatic carbocycles. The number of nitrogens with one attached hydrogen (secondary N) is 1. The van der Waals surface area contributed by atoms with Crippen LogP contribution in [-0.4, -0.2) is 43.4 Å². The summed E-state index contributed by atoms with van der Waals surface area (Å²) in [4.78, 5) is 29.8. The summed E-state index contributed by atoms with van der Waals surface area (Å²) in [6.45, 7) is 5.58. The highest BCUT2D eigenvalue weighted by atomic mass is 19.1. The van der Waals surface area contributed by atoms with Gasteiger partial charge >= 0.3 is 11.8 Å². The summed E-state index contributed by atoms with van der Waals surface area (Å²) >= 11 is 0. The van der Waals surface area contributed by atoms with Crippen LogP contribution in [0.1, 0.15) is 20.8 Å². The van der Waals surface area contributed by atoms with E-state index in [0.29, 0.717) is 0 Å². The van der Waals surface area contributed by atoms with Crippen molar-refractivity contribution in [2.24, 2.45) is 5.16 Å². The lowest BCUT2D eigenvalue weighted by Crippen LogP contribution is -2.35. The third-order valence-electron chi connectivity index (χ3n) is 4.13. The second-order valence-corrected chi connectivity index (χ2v) is 7.04. The molecule has 1 fully saturated rings. The van der Waals surface area contributed by atoms with Gasteiger partial charge in [-0.25, -0.2) is 9.18 Å². The first kappa shape index (κ1) is 18.7. The van der Waals surface area contributed by atoms with Gasteiger partial charge in [0.05, 0.1) is 12.2 Å². The Hall–Kier alpha value is -3.04. The summed E-state index contributed by atoms with van der Waals surface area (Å²) in [5, 5.41) is 6.23. The fourth-order valence-corrected chi connectivity index (χ4v) is 2.98. The molecule has 0 aliphatic carbocycles. The fourth-order valence-electron chi connectivity index (χ4n) is 2.98. The molecule has 9 nitrogen and oxygen atoms in total. The zero-order valence-electron chi connectivity index (χ0n) is 15.7. The van der Waals surface area contributed by atoms with Crippen LogP contribution in [0.25, 0.3) is 11.1 Å². The van der Waals surface area contributed by atoms with Gasteiger partial charge in [-0.05, 0) is 25.9 Å². The lowest BCUT2D eigenvalue weighted by molar-refractivity contribution is -0.127. The van der Waals surface area contributed by atoms with Crippen molar-refractivity contribution in [3.8, 4) is 0 Å². The molecule has 1 aliphatic rings. The van der Waals surface area contributed by atoms with Gasteiger partial charge in [-0.15, -0.1) is 0 Å². The van der Waals surface area contributed by atoms with E-state index in [-0.39, 0.29) is 29.0 Å². The van der Waals surface area contributed by atoms with Crippen molar-refractivity contribution in [3.05, 3.63) is 23.6 Å². The summed E-state index contributed by atoms with van der Waals surface area (Å²) in [7, 11) is 2.81. The van der Waals surface area contributed by atoms with E-state index in [1.807, 2.05) is 20.8 Å². The van der Waals surface area contributed by atoms with E-state index in [1.54, 1.807) is 4.57 Å². The molecule has 1 saturated heterocycles. The third-order valence-corrected chi connectivity index (χ3v) is 4.13. The van der Waals surface area contributed by atoms with Gasteiger partial charge in [-0.2, -0.15) is 0 Å². The number of anilines is 1. The summed E-state index contributed by atoms with van der Waals surface area (Å²) in [6, 6.07) is 2.70. The number of carbonyl (C=O) groups excluding carboxylic acids is 2. The molecule has 0 saturated carbocycles. The Balaban J connectivity index is 2.12. The van der Waals surface area contributed by atoms with Crippen LogP contribution in [0, 0.1) is 5.82 Å². The molecule has 27 heavy (non-hydrogen) atoms. The average molecular weight is 380 g/mol. The summed E-state index contributed by atoms with van der Waals surface area (Å²) in [5.74, 6) is -1.04. The van der Waals surface area contributed by atoms with Crippen LogP contribution in [0.5, 0.6) is 0 Å². The molecule has 3 rings (SSSR count). The van der Waals surface area contributed by atoms with E-state index in [4.69, 9.17) is 14.0 Å². The standard InChI is InChI=1S/C17H21FN4O5/c1-17(2,3)22-13-10(18)6-9(7-11(13)26-15(22)20-25-5)21-8-12(14(23)19-4)27-16(21)24/h6-7,12H,8H2,1-5H3,(H,19,23)/t12-/m1/s1. The SMILES string of the molecule is CNC(=O)[C@H]1CN(c2cc(F)c3c(c2)oc(=NOC)n3C(C)(C)C)C(=O)O1. The Morgan fingerprint density at radius 1 is 1.41 bits per heavy atom. The smallest absolute Gasteiger partial charge is 0.415 e. The quantitative estimate of drug-likeness (QED) is 0.817. The highest BCUT2D eigenvalue weighted by Gasteiger charge is 2.37. The van der Waals surface area contributed by atoms with Gasteiger partial charge in [-0.1, -0.05) is 0 Å². The molecular formula is C17H21FN4O5. The number of hydrogen-bond donors (Lipinski definition) is 1. The van der Waals surface area contributed by atoms with Crippen molar-refractivity contribution in [2.75, 3.05) is 25.6 Å². The van der Waals surface area contributed by atoms with Crippen molar-refractivity contribution >= 4 is 28.8 Å². The van der Waals surface area contributed by atoms with Crippen molar-refractivity contribution in [3.63, 3.8) is 0 Å². The first-order valence-corrected chi connectivity index (χ1v) is 8.30. The number of rotatable bonds is 3. The van der Waals surface area contributed by atoms with Crippen molar-refractivity contribution in [1.82, 2.24) is 9.88 Å². The van der Waals surface area contributed by atoms with E-state index >= 15 is 0 Å². The lowest BCUT2D eigenvalue weighted by atomic mass is 10.1. The van der Waals surface area contributed by atoms with E-state index in [9.17, 15) is 14.0 Å². The topological polar surface area (TPSA) is 98.3 Å². The minimum Gasteiger partial charge on any atom is -0.434 e. The number of nitrogens with zero attached hydrogens (tertiary/aromatic N) is 3. The number of benzene rings is 1. The average Bonchev–Trinajstić information content (AvgIpc) is 3.15. The molecule has 10 heteroatoms. The first-order valence-electron chi connectivity index (χ1n) is 8.30. The van der Waals surface area contributed by atoms with Crippen LogP contribution in [0.3, 0.4) is 0 Å². The van der Waals surface area contributed by atoms with Crippen LogP contribution in [0.15, 0.2) is 21.7 Å². The molecule has 0 spiro atoms. The fraction of sp³-hybridized carbons (Fsp3) is 0.471. The Kier molecular flexibility index (Phi) is 4.58. The maximum Gasteiger partial charge on any atom is 0.415 e. The number of amides is 2. The molecule has 0 radical (unpaired) electrons. The zero-order chi connectivity index (χ0) is 19.9. The number of carbonyl (C=O) groups is 2. The van der Waals surface area contributed by atoms with Crippen molar-refractivity contribution < 1.29 is 28.0 Å². The van der Waals surface area contributed by atoms with Gasteiger partial charge in [0.25, 0.3) is 5.91 Å². The van der Waals surface area contributed by atoms with Crippen LogP contribution >= 0.6 is 0 Å². The van der Waals surface area contributed by atoms with Gasteiger partial charge < -0.3 is 19.3 Å². The van der Waals surface area contributed by atoms with Crippen molar-refractivity contribution in [2.45, 2.75) is 32.4 Å². The number of likely N-dealkylation sites (N-methyl/N-ethyl adjacent to an activating group) is 1. The number of ether oxygens (including phenoxy) is 1. The molecule has 1 atom stereocenters. The van der Waals surface area contributed by atoms with Gasteiger partial charge in [0, 0.05) is 24.7 Å². The van der Waals surface area contributed by atoms with Gasteiger partial charge in [0.15, 0.2) is 17.5 Å². The Labute approximate surface area is 154 Å². The summed E-state index contributed by atoms with van der Waals surface area (Å²) in [6.07, 6.45) is -1.70. The van der Waals surface area contributed by atoms with Crippen LogP contribution in [0.2, 0.25) is 0 Å². The minimum atomic E-state index is -0.962. The molecule has 2 amide bonds. The molecule has 1 aliphatic heterocycles. The second-order valence-electron chi connectivity index (χ2n) is 7.04. The number of halogens is 1. The third kappa shape index (κ3) is 3.22. The maximum absolute atomic E-state index is 15.0. The first-order chi connectivity index (χ1) is 12.7. The number of oxazole rings is 1. The molecule has 1 N–H and O–H groups in total. The molecule has 146 valence electrons. The van der Waals surface area contributed by atoms with Crippen LogP contribution < -0.4 is 15.9 Å². The summed E-state index contributed by atoms with van der Waals surface area (Å²) < 4.78 is 27.2. The number of aromatic nitrogens is 1. The highest BCUT2D eigenvalue weighted by Crippen LogP contribution is 2.30. The summed E-state index contributed by atoms with van der Waals surface area (Å²) in [5.41, 5.74) is 0.143. The number of hydrogen-bond acceptors (Lipinski definition) is 6. The molecule has 0 unspecified atom stereocenters. The maximum atomic E-state index is 15.0. The molecular weight excluding hydrogens is 359 g/mol. The molecule has 1 aromatic heterocycles. The van der Waals surface area contributed by atoms with Crippen LogP contribution in [-0.2, 0) is 19.9 Å². The van der Waals surface area contributed by atoms with Gasteiger partial charge in [0.2, 0.25) is 0 Å². The zero-order valence-corrected chi connectivity index (χ0v) is 15.7. The second kappa shape index (κ2) is 6.60. The van der Waals surface area contributed by atoms with E-state index in [0.717, 1.165) is 0 Å². The Morgan fingerprint density at radius 3 is 2.70 bits per heavy atom. The van der Waals surface area contributed by atoms with Gasteiger partial charge in [-0.3, -0.25) is 14.3 Å². The predicted molar refractivity (Wildman–Crippen MR) is 93.4 cm³/mol. The molecule has 2 heterocycles. The van der Waals surface area contributed by atoms with E-state index in [1.165, 1.54) is 31.2 Å². The molecule has 2 aromatic rings. The van der Waals surface area contributed by atoms with Gasteiger partial charge in [0.1, 0.15) is 12.6 Å². The highest BCUT2D eigenvalue weighted by molar-refractivity contribution is 5.96. The predicted octanol–water partition coefficient (Wildman–Crippen LogP) is 1.66. The minimum absolute atomic E-state index is 0.0290. The molecule has 0 bridgehead atoms. The van der Waals surface area contributed by atoms with Crippen molar-refractivity contribution in [1.29, 1.82) is 0 Å². The Bertz CT molecular complexity index is 972. The number of cyclic esters (lactones) is 1. The Morgan fingerprint density at radius 2 is 2.11 bits per heavy atom. The van der Waals surface area contributed by atoms with E-state index in [2.05, 4.69) is 10.5 Å². The van der Waals surface area contributed by atoms with E-state index < -0.39 is 29.5 Å². The monoisotopic (exact) mass is 380 g/mol. The largest absolute Gasteiger partial charge is 0.434 e. The van der Waals surface area contributed by atoms with Crippen LogP contribution in [0.4, 0.5) is 14.9 Å². The lowest BCUT2D eigenvalue weighted by Gasteiger charge is -2.21.